The van der Waals surface area contributed by atoms with Crippen molar-refractivity contribution in [3.63, 3.8) is 0 Å². The number of aromatic nitrogens is 1. The topological polar surface area (TPSA) is 54.4 Å². The molecular formula is C14H17BrN2O2S. The monoisotopic (exact) mass is 356 g/mol. The zero-order chi connectivity index (χ0) is 14.4. The van der Waals surface area contributed by atoms with Gasteiger partial charge in [0.1, 0.15) is 18.5 Å². The molecule has 0 amide bonds. The number of thiazole rings is 1. The maximum atomic E-state index is 9.83. The number of nitrogens with zero attached hydrogens (tertiary/aromatic N) is 1. The summed E-state index contributed by atoms with van der Waals surface area (Å²) >= 11 is 4.99. The molecule has 1 aromatic heterocycles. The molecule has 0 radical (unpaired) electrons. The van der Waals surface area contributed by atoms with Crippen molar-refractivity contribution in [2.45, 2.75) is 19.6 Å². The Labute approximate surface area is 130 Å². The van der Waals surface area contributed by atoms with Gasteiger partial charge in [-0.05, 0) is 31.2 Å². The molecule has 0 aliphatic carbocycles. The molecule has 0 saturated heterocycles. The molecule has 2 N–H and O–H groups in total. The lowest BCUT2D eigenvalue weighted by atomic mass is 10.3. The first-order chi connectivity index (χ1) is 9.63. The van der Waals surface area contributed by atoms with Crippen molar-refractivity contribution < 1.29 is 9.84 Å². The molecule has 6 heteroatoms. The summed E-state index contributed by atoms with van der Waals surface area (Å²) in [5.41, 5.74) is 1.01. The van der Waals surface area contributed by atoms with Crippen molar-refractivity contribution in [3.8, 4) is 5.75 Å². The third kappa shape index (κ3) is 5.20. The number of nitrogens with one attached hydrogen (secondary N) is 1. The Hall–Kier alpha value is -0.950. The third-order valence-electron chi connectivity index (χ3n) is 2.61. The lowest BCUT2D eigenvalue weighted by Crippen LogP contribution is -2.31. The van der Waals surface area contributed by atoms with Crippen LogP contribution in [0.5, 0.6) is 5.75 Å². The van der Waals surface area contributed by atoms with Gasteiger partial charge in [-0.25, -0.2) is 4.98 Å². The summed E-state index contributed by atoms with van der Waals surface area (Å²) in [7, 11) is 0. The number of ether oxygens (including phenoxy) is 1. The Morgan fingerprint density at radius 2 is 2.15 bits per heavy atom. The van der Waals surface area contributed by atoms with Crippen LogP contribution in [-0.2, 0) is 6.54 Å². The summed E-state index contributed by atoms with van der Waals surface area (Å²) < 4.78 is 6.51. The van der Waals surface area contributed by atoms with Gasteiger partial charge in [0.15, 0.2) is 0 Å². The van der Waals surface area contributed by atoms with Gasteiger partial charge in [-0.3, -0.25) is 0 Å². The summed E-state index contributed by atoms with van der Waals surface area (Å²) in [6, 6.07) is 7.54. The van der Waals surface area contributed by atoms with Crippen LogP contribution in [0.15, 0.2) is 34.1 Å². The summed E-state index contributed by atoms with van der Waals surface area (Å²) in [6.07, 6.45) is -0.543. The zero-order valence-electron chi connectivity index (χ0n) is 11.2. The van der Waals surface area contributed by atoms with E-state index in [1.54, 1.807) is 11.3 Å². The van der Waals surface area contributed by atoms with Gasteiger partial charge in [-0.1, -0.05) is 15.9 Å². The number of aliphatic hydroxyl groups excluding tert-OH is 1. The van der Waals surface area contributed by atoms with Gasteiger partial charge in [-0.2, -0.15) is 0 Å². The molecule has 2 rings (SSSR count). The second-order valence-corrected chi connectivity index (χ2v) is 6.39. The highest BCUT2D eigenvalue weighted by Gasteiger charge is 2.06. The second-order valence-electron chi connectivity index (χ2n) is 4.41. The SMILES string of the molecule is Cc1nc(CNCC(O)COc2ccc(Br)cc2)cs1. The highest BCUT2D eigenvalue weighted by molar-refractivity contribution is 9.10. The van der Waals surface area contributed by atoms with Crippen LogP contribution in [0, 0.1) is 6.92 Å². The number of hydrogen-bond acceptors (Lipinski definition) is 5. The third-order valence-corrected chi connectivity index (χ3v) is 3.96. The van der Waals surface area contributed by atoms with E-state index in [4.69, 9.17) is 4.74 Å². The Kier molecular flexibility index (Phi) is 5.97. The van der Waals surface area contributed by atoms with Crippen LogP contribution in [0.25, 0.3) is 0 Å². The molecule has 2 aromatic rings. The van der Waals surface area contributed by atoms with Crippen LogP contribution in [0.1, 0.15) is 10.7 Å². The first kappa shape index (κ1) is 15.4. The van der Waals surface area contributed by atoms with E-state index in [1.165, 1.54) is 0 Å². The Balaban J connectivity index is 1.65. The first-order valence-electron chi connectivity index (χ1n) is 6.31. The average Bonchev–Trinajstić information content (AvgIpc) is 2.84. The van der Waals surface area contributed by atoms with Gasteiger partial charge in [0.05, 0.1) is 10.7 Å². The minimum absolute atomic E-state index is 0.269. The van der Waals surface area contributed by atoms with Gasteiger partial charge in [0.25, 0.3) is 0 Å². The predicted octanol–water partition coefficient (Wildman–Crippen LogP) is 2.74. The number of hydrogen-bond donors (Lipinski definition) is 2. The van der Waals surface area contributed by atoms with E-state index in [-0.39, 0.29) is 6.61 Å². The largest absolute Gasteiger partial charge is 0.491 e. The minimum Gasteiger partial charge on any atom is -0.491 e. The summed E-state index contributed by atoms with van der Waals surface area (Å²) in [5.74, 6) is 0.752. The minimum atomic E-state index is -0.543. The van der Waals surface area contributed by atoms with Crippen molar-refractivity contribution in [2.75, 3.05) is 13.2 Å². The van der Waals surface area contributed by atoms with E-state index in [0.29, 0.717) is 13.1 Å². The van der Waals surface area contributed by atoms with E-state index < -0.39 is 6.10 Å². The van der Waals surface area contributed by atoms with Crippen molar-refractivity contribution in [1.82, 2.24) is 10.3 Å². The average molecular weight is 357 g/mol. The number of rotatable bonds is 7. The molecule has 20 heavy (non-hydrogen) atoms. The van der Waals surface area contributed by atoms with Crippen molar-refractivity contribution in [3.05, 3.63) is 44.8 Å². The van der Waals surface area contributed by atoms with E-state index in [1.807, 2.05) is 36.6 Å². The molecule has 0 fully saturated rings. The quantitative estimate of drug-likeness (QED) is 0.800. The highest BCUT2D eigenvalue weighted by Crippen LogP contribution is 2.16. The highest BCUT2D eigenvalue weighted by atomic mass is 79.9. The molecule has 1 heterocycles. The molecule has 4 nitrogen and oxygen atoms in total. The fourth-order valence-corrected chi connectivity index (χ4v) is 2.52. The van der Waals surface area contributed by atoms with Crippen LogP contribution in [0.4, 0.5) is 0 Å². The van der Waals surface area contributed by atoms with Crippen molar-refractivity contribution >= 4 is 27.3 Å². The molecule has 1 aromatic carbocycles. The fourth-order valence-electron chi connectivity index (χ4n) is 1.64. The number of benzene rings is 1. The van der Waals surface area contributed by atoms with E-state index in [9.17, 15) is 5.11 Å². The molecular weight excluding hydrogens is 340 g/mol. The molecule has 1 unspecified atom stereocenters. The van der Waals surface area contributed by atoms with Crippen LogP contribution in [-0.4, -0.2) is 29.3 Å². The van der Waals surface area contributed by atoms with Crippen LogP contribution in [0.2, 0.25) is 0 Å². The van der Waals surface area contributed by atoms with Crippen molar-refractivity contribution in [2.24, 2.45) is 0 Å². The molecule has 0 spiro atoms. The first-order valence-corrected chi connectivity index (χ1v) is 7.99. The number of aliphatic hydroxyl groups is 1. The smallest absolute Gasteiger partial charge is 0.119 e. The lowest BCUT2D eigenvalue weighted by molar-refractivity contribution is 0.106. The predicted molar refractivity (Wildman–Crippen MR) is 84.2 cm³/mol. The van der Waals surface area contributed by atoms with E-state index in [0.717, 1.165) is 20.9 Å². The maximum Gasteiger partial charge on any atom is 0.119 e. The molecule has 1 atom stereocenters. The summed E-state index contributed by atoms with van der Waals surface area (Å²) in [4.78, 5) is 4.35. The standard InChI is InChI=1S/C14H17BrN2O2S/c1-10-17-12(9-20-10)6-16-7-13(18)8-19-14-4-2-11(15)3-5-14/h2-5,9,13,16,18H,6-8H2,1H3. The van der Waals surface area contributed by atoms with Gasteiger partial charge in [0.2, 0.25) is 0 Å². The number of halogens is 1. The van der Waals surface area contributed by atoms with Crippen LogP contribution < -0.4 is 10.1 Å². The molecule has 108 valence electrons. The normalized spacial score (nSPS) is 12.3. The van der Waals surface area contributed by atoms with Gasteiger partial charge < -0.3 is 15.2 Å². The van der Waals surface area contributed by atoms with Gasteiger partial charge in [0, 0.05) is 22.9 Å². The molecule has 0 aliphatic rings. The van der Waals surface area contributed by atoms with Gasteiger partial charge in [-0.15, -0.1) is 11.3 Å². The zero-order valence-corrected chi connectivity index (χ0v) is 13.6. The van der Waals surface area contributed by atoms with Crippen molar-refractivity contribution in [1.29, 1.82) is 0 Å². The molecule has 0 aliphatic heterocycles. The Morgan fingerprint density at radius 1 is 1.40 bits per heavy atom. The summed E-state index contributed by atoms with van der Waals surface area (Å²) in [6.45, 7) is 3.40. The molecule has 0 saturated carbocycles. The Morgan fingerprint density at radius 3 is 2.80 bits per heavy atom. The van der Waals surface area contributed by atoms with Gasteiger partial charge >= 0.3 is 0 Å². The van der Waals surface area contributed by atoms with E-state index in [2.05, 4.69) is 26.2 Å². The lowest BCUT2D eigenvalue weighted by Gasteiger charge is -2.12. The number of aryl methyl sites for hydroxylation is 1. The second kappa shape index (κ2) is 7.73. The maximum absolute atomic E-state index is 9.83. The fraction of sp³-hybridized carbons (Fsp3) is 0.357. The summed E-state index contributed by atoms with van der Waals surface area (Å²) in [5, 5.41) is 16.1. The van der Waals surface area contributed by atoms with E-state index >= 15 is 0 Å². The molecule has 0 bridgehead atoms. The Bertz CT molecular complexity index is 530. The van der Waals surface area contributed by atoms with Crippen LogP contribution in [0.3, 0.4) is 0 Å². The van der Waals surface area contributed by atoms with Crippen LogP contribution >= 0.6 is 27.3 Å².